The summed E-state index contributed by atoms with van der Waals surface area (Å²) in [5, 5.41) is 2.58. The SMILES string of the molecule is CNC(=O)CN(C)C(=O)[C@H]1CCCN(C2CCN(Cc3ccncc3)CC2)C1. The van der Waals surface area contributed by atoms with Gasteiger partial charge in [-0.3, -0.25) is 24.4 Å². The Labute approximate surface area is 168 Å². The number of hydrogen-bond acceptors (Lipinski definition) is 5. The highest BCUT2D eigenvalue weighted by Crippen LogP contribution is 2.25. The van der Waals surface area contributed by atoms with E-state index < -0.39 is 0 Å². The molecule has 154 valence electrons. The molecule has 0 aliphatic carbocycles. The fraction of sp³-hybridized carbons (Fsp3) is 0.667. The molecule has 3 heterocycles. The number of amides is 2. The average molecular weight is 388 g/mol. The Morgan fingerprint density at radius 3 is 2.57 bits per heavy atom. The summed E-state index contributed by atoms with van der Waals surface area (Å²) in [7, 11) is 3.33. The first kappa shape index (κ1) is 20.7. The van der Waals surface area contributed by atoms with E-state index in [-0.39, 0.29) is 24.3 Å². The number of likely N-dealkylation sites (N-methyl/N-ethyl adjacent to an activating group) is 2. The monoisotopic (exact) mass is 387 g/mol. The van der Waals surface area contributed by atoms with Crippen LogP contribution in [0.15, 0.2) is 24.5 Å². The predicted molar refractivity (Wildman–Crippen MR) is 109 cm³/mol. The number of nitrogens with zero attached hydrogens (tertiary/aromatic N) is 4. The standard InChI is InChI=1S/C21H33N5O2/c1-22-20(27)16-24(2)21(28)18-4-3-11-26(15-18)19-7-12-25(13-8-19)14-17-5-9-23-10-6-17/h5-6,9-10,18-19H,3-4,7-8,11-16H2,1-2H3,(H,22,27)/t18-/m0/s1. The molecule has 3 rings (SSSR count). The molecular weight excluding hydrogens is 354 g/mol. The third kappa shape index (κ3) is 5.52. The van der Waals surface area contributed by atoms with Gasteiger partial charge in [-0.2, -0.15) is 0 Å². The zero-order chi connectivity index (χ0) is 19.9. The van der Waals surface area contributed by atoms with E-state index in [1.54, 1.807) is 19.0 Å². The average Bonchev–Trinajstić information content (AvgIpc) is 2.74. The molecule has 2 saturated heterocycles. The third-order valence-corrected chi connectivity index (χ3v) is 6.07. The highest BCUT2D eigenvalue weighted by atomic mass is 16.2. The molecule has 0 unspecified atom stereocenters. The van der Waals surface area contributed by atoms with Crippen LogP contribution >= 0.6 is 0 Å². The zero-order valence-corrected chi connectivity index (χ0v) is 17.1. The lowest BCUT2D eigenvalue weighted by atomic mass is 9.93. The van der Waals surface area contributed by atoms with Crippen LogP contribution in [0.25, 0.3) is 0 Å². The second-order valence-corrected chi connectivity index (χ2v) is 8.06. The number of nitrogens with one attached hydrogen (secondary N) is 1. The van der Waals surface area contributed by atoms with Gasteiger partial charge < -0.3 is 10.2 Å². The first-order valence-electron chi connectivity index (χ1n) is 10.4. The van der Waals surface area contributed by atoms with Gasteiger partial charge in [-0.15, -0.1) is 0 Å². The third-order valence-electron chi connectivity index (χ3n) is 6.07. The number of aromatic nitrogens is 1. The van der Waals surface area contributed by atoms with Crippen LogP contribution in [-0.2, 0) is 16.1 Å². The van der Waals surface area contributed by atoms with Gasteiger partial charge in [-0.05, 0) is 63.0 Å². The molecule has 2 aliphatic rings. The van der Waals surface area contributed by atoms with Gasteiger partial charge in [-0.1, -0.05) is 0 Å². The number of carbonyl (C=O) groups excluding carboxylic acids is 2. The van der Waals surface area contributed by atoms with Crippen LogP contribution in [0.2, 0.25) is 0 Å². The van der Waals surface area contributed by atoms with E-state index in [0.29, 0.717) is 6.04 Å². The van der Waals surface area contributed by atoms with Crippen molar-refractivity contribution in [2.75, 3.05) is 46.8 Å². The molecule has 1 aromatic heterocycles. The smallest absolute Gasteiger partial charge is 0.239 e. The molecule has 0 radical (unpaired) electrons. The van der Waals surface area contributed by atoms with E-state index in [1.165, 1.54) is 5.56 Å². The van der Waals surface area contributed by atoms with Gasteiger partial charge >= 0.3 is 0 Å². The lowest BCUT2D eigenvalue weighted by molar-refractivity contribution is -0.139. The van der Waals surface area contributed by atoms with Crippen LogP contribution in [0, 0.1) is 5.92 Å². The van der Waals surface area contributed by atoms with E-state index in [1.807, 2.05) is 12.4 Å². The summed E-state index contributed by atoms with van der Waals surface area (Å²) in [5.41, 5.74) is 1.32. The van der Waals surface area contributed by atoms with Crippen molar-refractivity contribution in [1.29, 1.82) is 0 Å². The molecule has 1 aromatic rings. The highest BCUT2D eigenvalue weighted by Gasteiger charge is 2.33. The van der Waals surface area contributed by atoms with E-state index in [2.05, 4.69) is 32.2 Å². The predicted octanol–water partition coefficient (Wildman–Crippen LogP) is 0.962. The quantitative estimate of drug-likeness (QED) is 0.788. The molecule has 2 fully saturated rings. The minimum Gasteiger partial charge on any atom is -0.358 e. The number of carbonyl (C=O) groups is 2. The molecule has 2 aliphatic heterocycles. The highest BCUT2D eigenvalue weighted by molar-refractivity contribution is 5.85. The molecule has 2 amide bonds. The van der Waals surface area contributed by atoms with Crippen molar-refractivity contribution in [1.82, 2.24) is 25.0 Å². The second kappa shape index (κ2) is 9.98. The summed E-state index contributed by atoms with van der Waals surface area (Å²) < 4.78 is 0. The first-order chi connectivity index (χ1) is 13.6. The minimum absolute atomic E-state index is 0.0123. The van der Waals surface area contributed by atoms with Crippen molar-refractivity contribution in [3.63, 3.8) is 0 Å². The maximum atomic E-state index is 12.7. The Bertz CT molecular complexity index is 645. The Morgan fingerprint density at radius 1 is 1.18 bits per heavy atom. The lowest BCUT2D eigenvalue weighted by Gasteiger charge is -2.42. The Morgan fingerprint density at radius 2 is 1.89 bits per heavy atom. The zero-order valence-electron chi connectivity index (χ0n) is 17.1. The molecule has 7 heteroatoms. The van der Waals surface area contributed by atoms with Crippen molar-refractivity contribution in [3.05, 3.63) is 30.1 Å². The minimum atomic E-state index is -0.120. The molecule has 0 saturated carbocycles. The van der Waals surface area contributed by atoms with Crippen molar-refractivity contribution < 1.29 is 9.59 Å². The molecular formula is C21H33N5O2. The van der Waals surface area contributed by atoms with Crippen LogP contribution in [0.5, 0.6) is 0 Å². The van der Waals surface area contributed by atoms with Crippen molar-refractivity contribution in [2.24, 2.45) is 5.92 Å². The molecule has 28 heavy (non-hydrogen) atoms. The fourth-order valence-corrected chi connectivity index (χ4v) is 4.41. The normalized spacial score (nSPS) is 22.0. The van der Waals surface area contributed by atoms with Gasteiger partial charge in [0.25, 0.3) is 0 Å². The van der Waals surface area contributed by atoms with Crippen molar-refractivity contribution in [2.45, 2.75) is 38.3 Å². The number of pyridine rings is 1. The van der Waals surface area contributed by atoms with E-state index in [9.17, 15) is 9.59 Å². The Hall–Kier alpha value is -1.99. The van der Waals surface area contributed by atoms with Crippen LogP contribution in [-0.4, -0.2) is 84.4 Å². The Kier molecular flexibility index (Phi) is 7.39. The van der Waals surface area contributed by atoms with Gasteiger partial charge in [0, 0.05) is 45.6 Å². The summed E-state index contributed by atoms with van der Waals surface area (Å²) in [6, 6.07) is 4.73. The van der Waals surface area contributed by atoms with Crippen LogP contribution in [0.4, 0.5) is 0 Å². The summed E-state index contributed by atoms with van der Waals surface area (Å²) >= 11 is 0. The maximum absolute atomic E-state index is 12.7. The molecule has 0 aromatic carbocycles. The van der Waals surface area contributed by atoms with Gasteiger partial charge in [0.15, 0.2) is 0 Å². The molecule has 7 nitrogen and oxygen atoms in total. The molecule has 0 spiro atoms. The van der Waals surface area contributed by atoms with Gasteiger partial charge in [0.1, 0.15) is 0 Å². The lowest BCUT2D eigenvalue weighted by Crippen LogP contribution is -2.51. The van der Waals surface area contributed by atoms with E-state index >= 15 is 0 Å². The number of rotatable bonds is 6. The molecule has 1 atom stereocenters. The number of likely N-dealkylation sites (tertiary alicyclic amines) is 2. The van der Waals surface area contributed by atoms with Crippen molar-refractivity contribution >= 4 is 11.8 Å². The van der Waals surface area contributed by atoms with E-state index in [0.717, 1.165) is 58.4 Å². The first-order valence-corrected chi connectivity index (χ1v) is 10.4. The van der Waals surface area contributed by atoms with Crippen LogP contribution in [0.1, 0.15) is 31.2 Å². The number of hydrogen-bond donors (Lipinski definition) is 1. The summed E-state index contributed by atoms with van der Waals surface area (Å²) in [5.74, 6) is -0.00763. The molecule has 1 N–H and O–H groups in total. The largest absolute Gasteiger partial charge is 0.358 e. The summed E-state index contributed by atoms with van der Waals surface area (Å²) in [6.07, 6.45) is 8.00. The molecule has 0 bridgehead atoms. The van der Waals surface area contributed by atoms with Gasteiger partial charge in [-0.25, -0.2) is 0 Å². The van der Waals surface area contributed by atoms with Gasteiger partial charge in [0.2, 0.25) is 11.8 Å². The summed E-state index contributed by atoms with van der Waals surface area (Å²) in [4.78, 5) is 35.0. The fourth-order valence-electron chi connectivity index (χ4n) is 4.41. The Balaban J connectivity index is 1.47. The summed E-state index contributed by atoms with van der Waals surface area (Å²) in [6.45, 7) is 5.22. The van der Waals surface area contributed by atoms with Crippen molar-refractivity contribution in [3.8, 4) is 0 Å². The van der Waals surface area contributed by atoms with Gasteiger partial charge in [0.05, 0.1) is 12.5 Å². The maximum Gasteiger partial charge on any atom is 0.239 e. The number of piperidine rings is 2. The van der Waals surface area contributed by atoms with Crippen LogP contribution < -0.4 is 5.32 Å². The topological polar surface area (TPSA) is 68.8 Å². The second-order valence-electron chi connectivity index (χ2n) is 8.06. The van der Waals surface area contributed by atoms with E-state index in [4.69, 9.17) is 0 Å². The van der Waals surface area contributed by atoms with Crippen LogP contribution in [0.3, 0.4) is 0 Å².